The van der Waals surface area contributed by atoms with Gasteiger partial charge in [-0.25, -0.2) is 0 Å². The summed E-state index contributed by atoms with van der Waals surface area (Å²) in [4.78, 5) is 2.49. The van der Waals surface area contributed by atoms with Gasteiger partial charge in [0, 0.05) is 31.7 Å². The number of hydrogen-bond donors (Lipinski definition) is 1. The highest BCUT2D eigenvalue weighted by atomic mass is 16.5. The quantitative estimate of drug-likeness (QED) is 0.781. The summed E-state index contributed by atoms with van der Waals surface area (Å²) in [5.41, 5.74) is 1.06. The molecule has 15 heavy (non-hydrogen) atoms. The van der Waals surface area contributed by atoms with Gasteiger partial charge in [-0.2, -0.15) is 0 Å². The number of fused-ring (bicyclic) bond motifs is 1. The van der Waals surface area contributed by atoms with Crippen molar-refractivity contribution in [3.8, 4) is 0 Å². The van der Waals surface area contributed by atoms with Crippen LogP contribution in [0.5, 0.6) is 0 Å². The van der Waals surface area contributed by atoms with Crippen molar-refractivity contribution >= 4 is 0 Å². The fourth-order valence-electron chi connectivity index (χ4n) is 2.81. The minimum atomic E-state index is 0.776. The summed E-state index contributed by atoms with van der Waals surface area (Å²) >= 11 is 0. The van der Waals surface area contributed by atoms with E-state index >= 15 is 0 Å². The van der Waals surface area contributed by atoms with Gasteiger partial charge in [-0.15, -0.1) is 0 Å². The number of hydrogen-bond acceptors (Lipinski definition) is 4. The van der Waals surface area contributed by atoms with Crippen LogP contribution < -0.4 is 5.32 Å². The summed E-state index contributed by atoms with van der Waals surface area (Å²) in [6.45, 7) is 4.54. The van der Waals surface area contributed by atoms with E-state index < -0.39 is 0 Å². The van der Waals surface area contributed by atoms with E-state index in [1.165, 1.54) is 32.5 Å². The molecule has 0 bridgehead atoms. The SMILES string of the molecule is c1cc(CN2CCC3NCCC3C2)no1. The Labute approximate surface area is 89.6 Å². The molecule has 82 valence electrons. The standard InChI is InChI=1S/C11H17N3O/c1-4-12-11-2-5-14(7-9(1)11)8-10-3-6-15-13-10/h3,6,9,11-12H,1-2,4-5,7-8H2. The Morgan fingerprint density at radius 1 is 1.53 bits per heavy atom. The summed E-state index contributed by atoms with van der Waals surface area (Å²) in [5, 5.41) is 7.54. The number of piperidine rings is 1. The zero-order chi connectivity index (χ0) is 10.1. The van der Waals surface area contributed by atoms with Crippen LogP contribution in [-0.2, 0) is 6.54 Å². The highest BCUT2D eigenvalue weighted by Gasteiger charge is 2.32. The second-order valence-electron chi connectivity index (χ2n) is 4.62. The van der Waals surface area contributed by atoms with Crippen LogP contribution in [0.2, 0.25) is 0 Å². The summed E-state index contributed by atoms with van der Waals surface area (Å²) < 4.78 is 4.85. The Kier molecular flexibility index (Phi) is 2.46. The minimum absolute atomic E-state index is 0.776. The van der Waals surface area contributed by atoms with E-state index in [1.54, 1.807) is 6.26 Å². The monoisotopic (exact) mass is 207 g/mol. The molecule has 0 aromatic carbocycles. The Balaban J connectivity index is 1.59. The molecule has 2 atom stereocenters. The normalized spacial score (nSPS) is 31.7. The Hall–Kier alpha value is -0.870. The van der Waals surface area contributed by atoms with Gasteiger partial charge in [-0.1, -0.05) is 5.16 Å². The van der Waals surface area contributed by atoms with Crippen LogP contribution in [0.15, 0.2) is 16.9 Å². The van der Waals surface area contributed by atoms with Crippen molar-refractivity contribution < 1.29 is 4.52 Å². The van der Waals surface area contributed by atoms with Crippen molar-refractivity contribution in [2.75, 3.05) is 19.6 Å². The first-order chi connectivity index (χ1) is 7.42. The Bertz CT molecular complexity index is 312. The predicted octanol–water partition coefficient (Wildman–Crippen LogP) is 0.858. The number of nitrogens with one attached hydrogen (secondary N) is 1. The smallest absolute Gasteiger partial charge is 0.124 e. The zero-order valence-corrected chi connectivity index (χ0v) is 8.85. The lowest BCUT2D eigenvalue weighted by Crippen LogP contribution is -2.43. The molecule has 0 amide bonds. The van der Waals surface area contributed by atoms with Crippen LogP contribution in [0.25, 0.3) is 0 Å². The van der Waals surface area contributed by atoms with E-state index in [9.17, 15) is 0 Å². The van der Waals surface area contributed by atoms with Gasteiger partial charge < -0.3 is 9.84 Å². The fraction of sp³-hybridized carbons (Fsp3) is 0.727. The number of rotatable bonds is 2. The molecule has 0 saturated carbocycles. The lowest BCUT2D eigenvalue weighted by Gasteiger charge is -2.34. The van der Waals surface area contributed by atoms with Crippen LogP contribution in [0.3, 0.4) is 0 Å². The molecule has 3 heterocycles. The van der Waals surface area contributed by atoms with Crippen molar-refractivity contribution in [3.63, 3.8) is 0 Å². The highest BCUT2D eigenvalue weighted by Crippen LogP contribution is 2.25. The zero-order valence-electron chi connectivity index (χ0n) is 8.85. The average molecular weight is 207 g/mol. The second kappa shape index (κ2) is 3.94. The molecule has 2 fully saturated rings. The van der Waals surface area contributed by atoms with Crippen LogP contribution >= 0.6 is 0 Å². The summed E-state index contributed by atoms with van der Waals surface area (Å²) in [6.07, 6.45) is 4.27. The van der Waals surface area contributed by atoms with Gasteiger partial charge in [0.25, 0.3) is 0 Å². The molecule has 2 unspecified atom stereocenters. The first-order valence-corrected chi connectivity index (χ1v) is 5.77. The van der Waals surface area contributed by atoms with Crippen LogP contribution in [0, 0.1) is 5.92 Å². The molecule has 2 aliphatic heterocycles. The number of aromatic nitrogens is 1. The Morgan fingerprint density at radius 2 is 2.53 bits per heavy atom. The molecular formula is C11H17N3O. The molecule has 1 aromatic heterocycles. The number of nitrogens with zero attached hydrogens (tertiary/aromatic N) is 2. The summed E-state index contributed by atoms with van der Waals surface area (Å²) in [7, 11) is 0. The molecule has 4 heteroatoms. The van der Waals surface area contributed by atoms with Gasteiger partial charge >= 0.3 is 0 Å². The van der Waals surface area contributed by atoms with Crippen LogP contribution in [0.4, 0.5) is 0 Å². The molecule has 0 spiro atoms. The van der Waals surface area contributed by atoms with Gasteiger partial charge in [0.05, 0.1) is 5.69 Å². The summed E-state index contributed by atoms with van der Waals surface area (Å²) in [5.74, 6) is 0.852. The largest absolute Gasteiger partial charge is 0.364 e. The first kappa shape index (κ1) is 9.36. The number of likely N-dealkylation sites (tertiary alicyclic amines) is 1. The van der Waals surface area contributed by atoms with Crippen molar-refractivity contribution in [3.05, 3.63) is 18.0 Å². The molecule has 1 aromatic rings. The third-order valence-electron chi connectivity index (χ3n) is 3.62. The van der Waals surface area contributed by atoms with Gasteiger partial charge in [-0.3, -0.25) is 4.90 Å². The highest BCUT2D eigenvalue weighted by molar-refractivity contribution is 4.97. The van der Waals surface area contributed by atoms with E-state index in [-0.39, 0.29) is 0 Å². The molecule has 2 saturated heterocycles. The lowest BCUT2D eigenvalue weighted by molar-refractivity contribution is 0.152. The molecular weight excluding hydrogens is 190 g/mol. The Morgan fingerprint density at radius 3 is 3.40 bits per heavy atom. The fourth-order valence-corrected chi connectivity index (χ4v) is 2.81. The molecule has 0 radical (unpaired) electrons. The molecule has 0 aliphatic carbocycles. The van der Waals surface area contributed by atoms with E-state index in [1.807, 2.05) is 6.07 Å². The minimum Gasteiger partial charge on any atom is -0.364 e. The van der Waals surface area contributed by atoms with Crippen molar-refractivity contribution in [2.45, 2.75) is 25.4 Å². The van der Waals surface area contributed by atoms with E-state index in [2.05, 4.69) is 15.4 Å². The first-order valence-electron chi connectivity index (χ1n) is 5.77. The van der Waals surface area contributed by atoms with Crippen molar-refractivity contribution in [1.82, 2.24) is 15.4 Å². The molecule has 2 aliphatic rings. The van der Waals surface area contributed by atoms with Gasteiger partial charge in [0.15, 0.2) is 0 Å². The van der Waals surface area contributed by atoms with E-state index in [0.29, 0.717) is 0 Å². The van der Waals surface area contributed by atoms with Crippen LogP contribution in [-0.4, -0.2) is 35.7 Å². The topological polar surface area (TPSA) is 41.3 Å². The molecule has 1 N–H and O–H groups in total. The lowest BCUT2D eigenvalue weighted by atomic mass is 9.93. The molecule has 3 rings (SSSR count). The second-order valence-corrected chi connectivity index (χ2v) is 4.62. The average Bonchev–Trinajstić information content (AvgIpc) is 2.87. The van der Waals surface area contributed by atoms with Crippen molar-refractivity contribution in [2.24, 2.45) is 5.92 Å². The maximum Gasteiger partial charge on any atom is 0.124 e. The van der Waals surface area contributed by atoms with Gasteiger partial charge in [0.2, 0.25) is 0 Å². The van der Waals surface area contributed by atoms with E-state index in [0.717, 1.165) is 24.2 Å². The van der Waals surface area contributed by atoms with E-state index in [4.69, 9.17) is 4.52 Å². The maximum absolute atomic E-state index is 4.85. The third-order valence-corrected chi connectivity index (χ3v) is 3.62. The van der Waals surface area contributed by atoms with Crippen LogP contribution in [0.1, 0.15) is 18.5 Å². The molecule has 4 nitrogen and oxygen atoms in total. The summed E-state index contributed by atoms with van der Waals surface area (Å²) in [6, 6.07) is 2.73. The predicted molar refractivity (Wildman–Crippen MR) is 56.3 cm³/mol. The van der Waals surface area contributed by atoms with Gasteiger partial charge in [-0.05, 0) is 25.3 Å². The third kappa shape index (κ3) is 1.92. The van der Waals surface area contributed by atoms with Gasteiger partial charge in [0.1, 0.15) is 6.26 Å². The maximum atomic E-state index is 4.85. The van der Waals surface area contributed by atoms with Crippen molar-refractivity contribution in [1.29, 1.82) is 0 Å².